The van der Waals surface area contributed by atoms with Gasteiger partial charge in [0.15, 0.2) is 0 Å². The van der Waals surface area contributed by atoms with Crippen LogP contribution in [0.15, 0.2) is 237 Å². The fourth-order valence-electron chi connectivity index (χ4n) is 8.06. The van der Waals surface area contributed by atoms with Crippen molar-refractivity contribution in [3.05, 3.63) is 237 Å². The molecular formula is C58H43F6O3PS. The minimum atomic E-state index is -6.61. The Hall–Kier alpha value is -7.10. The third-order valence-electron chi connectivity index (χ3n) is 11.5. The molecule has 0 atom stereocenters. The fourth-order valence-corrected chi connectivity index (χ4v) is 11.5. The van der Waals surface area contributed by atoms with Gasteiger partial charge in [-0.3, -0.25) is 4.55 Å². The van der Waals surface area contributed by atoms with Gasteiger partial charge >= 0.3 is 27.2 Å². The van der Waals surface area contributed by atoms with Gasteiger partial charge in [-0.2, -0.15) is 34.8 Å². The van der Waals surface area contributed by atoms with Crippen molar-refractivity contribution >= 4 is 34.0 Å². The zero-order valence-electron chi connectivity index (χ0n) is 36.9. The van der Waals surface area contributed by atoms with Gasteiger partial charge in [-0.15, -0.1) is 0 Å². The smallest absolute Gasteiger partial charge is 0.281 e. The Morgan fingerprint density at radius 1 is 0.362 bits per heavy atom. The Bertz CT molecular complexity index is 2960. The third-order valence-corrected chi connectivity index (χ3v) is 15.1. The fraction of sp³-hybridized carbons (Fsp3) is 0.0690. The van der Waals surface area contributed by atoms with Crippen LogP contribution >= 0.6 is 7.92 Å². The minimum absolute atomic E-state index is 0.591. The maximum Gasteiger partial charge on any atom is 0.437 e. The second-order valence-electron chi connectivity index (χ2n) is 16.2. The predicted octanol–water partition coefficient (Wildman–Crippen LogP) is 15.2. The highest BCUT2D eigenvalue weighted by Crippen LogP contribution is 2.50. The van der Waals surface area contributed by atoms with Gasteiger partial charge in [0.05, 0.1) is 0 Å². The summed E-state index contributed by atoms with van der Waals surface area (Å²) in [6, 6.07) is 86.6. The molecule has 0 unspecified atom stereocenters. The van der Waals surface area contributed by atoms with E-state index >= 15 is 0 Å². The Morgan fingerprint density at radius 2 is 0.594 bits per heavy atom. The molecule has 0 aromatic heterocycles. The van der Waals surface area contributed by atoms with Crippen molar-refractivity contribution in [1.29, 1.82) is 0 Å². The Labute approximate surface area is 398 Å². The van der Waals surface area contributed by atoms with Gasteiger partial charge in [-0.25, -0.2) is 0 Å². The van der Waals surface area contributed by atoms with Crippen molar-refractivity contribution in [3.8, 4) is 66.8 Å². The number of hydrogen-bond donors (Lipinski definition) is 1. The molecule has 0 saturated carbocycles. The SMILES string of the molecule is CC(F)(F)C(F)(F)C(F)(F)S(=O)(=O)O.c1ccc(-c2cc(-c3ccccc3)c(P(c3ccccc3)c3c(-c4ccccc4)cc(-c4ccccc4)cc3-c3ccccc3)c(-c3ccccc3)c2)cc1. The molecule has 3 nitrogen and oxygen atoms in total. The molecule has 11 heteroatoms. The number of rotatable bonds is 12. The second kappa shape index (κ2) is 20.2. The van der Waals surface area contributed by atoms with Crippen molar-refractivity contribution in [1.82, 2.24) is 0 Å². The van der Waals surface area contributed by atoms with E-state index in [-0.39, 0.29) is 0 Å². The van der Waals surface area contributed by atoms with Gasteiger partial charge in [0.1, 0.15) is 0 Å². The summed E-state index contributed by atoms with van der Waals surface area (Å²) in [5.41, 5.74) is 14.7. The molecule has 0 aliphatic heterocycles. The van der Waals surface area contributed by atoms with Crippen LogP contribution in [-0.4, -0.2) is 30.1 Å². The lowest BCUT2D eigenvalue weighted by molar-refractivity contribution is -0.273. The lowest BCUT2D eigenvalue weighted by Crippen LogP contribution is -2.56. The molecule has 0 aliphatic carbocycles. The molecule has 9 rings (SSSR count). The highest BCUT2D eigenvalue weighted by atomic mass is 32.2. The zero-order valence-corrected chi connectivity index (χ0v) is 38.6. The van der Waals surface area contributed by atoms with Crippen LogP contribution < -0.4 is 15.9 Å². The number of halogens is 6. The van der Waals surface area contributed by atoms with E-state index in [0.717, 1.165) is 0 Å². The molecular weight excluding hydrogens is 922 g/mol. The Kier molecular flexibility index (Phi) is 14.2. The van der Waals surface area contributed by atoms with E-state index in [9.17, 15) is 34.8 Å². The van der Waals surface area contributed by atoms with Gasteiger partial charge in [-0.05, 0) is 104 Å². The molecule has 69 heavy (non-hydrogen) atoms. The molecule has 0 saturated heterocycles. The largest absolute Gasteiger partial charge is 0.437 e. The highest BCUT2D eigenvalue weighted by molar-refractivity contribution is 7.87. The van der Waals surface area contributed by atoms with E-state index in [1.165, 1.54) is 82.7 Å². The lowest BCUT2D eigenvalue weighted by Gasteiger charge is -2.31. The van der Waals surface area contributed by atoms with Crippen LogP contribution in [0.1, 0.15) is 6.92 Å². The van der Waals surface area contributed by atoms with E-state index in [4.69, 9.17) is 4.55 Å². The molecule has 1 N–H and O–H groups in total. The first-order valence-electron chi connectivity index (χ1n) is 21.7. The van der Waals surface area contributed by atoms with Gasteiger partial charge in [-0.1, -0.05) is 212 Å². The monoisotopic (exact) mass is 964 g/mol. The van der Waals surface area contributed by atoms with Crippen LogP contribution in [0.25, 0.3) is 66.8 Å². The molecule has 346 valence electrons. The average molecular weight is 965 g/mol. The van der Waals surface area contributed by atoms with Crippen molar-refractivity contribution < 1.29 is 39.3 Å². The van der Waals surface area contributed by atoms with Crippen molar-refractivity contribution in [2.75, 3.05) is 0 Å². The van der Waals surface area contributed by atoms with Gasteiger partial charge in [0.25, 0.3) is 0 Å². The van der Waals surface area contributed by atoms with Crippen molar-refractivity contribution in [2.24, 2.45) is 0 Å². The van der Waals surface area contributed by atoms with E-state index in [1.54, 1.807) is 0 Å². The molecule has 0 spiro atoms. The topological polar surface area (TPSA) is 54.4 Å². The van der Waals surface area contributed by atoms with Crippen LogP contribution in [0, 0.1) is 0 Å². The van der Waals surface area contributed by atoms with E-state index in [2.05, 4.69) is 237 Å². The molecule has 9 aromatic rings. The van der Waals surface area contributed by atoms with Crippen molar-refractivity contribution in [3.63, 3.8) is 0 Å². The minimum Gasteiger partial charge on any atom is -0.281 e. The standard InChI is InChI=1S/C54H39P.C4H4F6O3S/c1-8-22-40(23-9-1)46-36-49(42-26-12-3-13-27-42)53(50(37-46)43-28-14-4-15-29-43)55(48-34-20-7-21-35-48)54-51(44-30-16-5-17-31-44)38-47(41-24-10-2-11-25-41)39-52(54)45-32-18-6-19-33-45;1-2(5,6)3(7,8)4(9,10)14(11,12)13/h1-39H;1H3,(H,11,12,13). The quantitative estimate of drug-likeness (QED) is 0.0754. The van der Waals surface area contributed by atoms with Crippen molar-refractivity contribution in [2.45, 2.75) is 24.0 Å². The lowest BCUT2D eigenvalue weighted by atomic mass is 9.92. The summed E-state index contributed by atoms with van der Waals surface area (Å²) in [5, 5.41) is -2.24. The van der Waals surface area contributed by atoms with E-state index < -0.39 is 42.1 Å². The van der Waals surface area contributed by atoms with Gasteiger partial charge in [0.2, 0.25) is 0 Å². The average Bonchev–Trinajstić information content (AvgIpc) is 3.37. The number of benzene rings is 9. The van der Waals surface area contributed by atoms with E-state index in [0.29, 0.717) is 0 Å². The molecule has 0 bridgehead atoms. The second-order valence-corrected chi connectivity index (χ2v) is 19.7. The Morgan fingerprint density at radius 3 is 0.812 bits per heavy atom. The molecule has 0 heterocycles. The summed E-state index contributed by atoms with van der Waals surface area (Å²) in [5.74, 6) is -11.5. The molecule has 0 amide bonds. The first-order valence-corrected chi connectivity index (χ1v) is 24.5. The van der Waals surface area contributed by atoms with Gasteiger partial charge in [0, 0.05) is 17.5 Å². The normalized spacial score (nSPS) is 12.0. The molecule has 9 aromatic carbocycles. The summed E-state index contributed by atoms with van der Waals surface area (Å²) in [4.78, 5) is 0. The van der Waals surface area contributed by atoms with Crippen LogP contribution in [0.3, 0.4) is 0 Å². The first kappa shape index (κ1) is 48.4. The Balaban J connectivity index is 0.000000400. The predicted molar refractivity (Wildman–Crippen MR) is 270 cm³/mol. The summed E-state index contributed by atoms with van der Waals surface area (Å²) in [6.07, 6.45) is 0. The van der Waals surface area contributed by atoms with Crippen LogP contribution in [0.4, 0.5) is 26.3 Å². The zero-order chi connectivity index (χ0) is 48.8. The number of alkyl halides is 6. The molecule has 0 aliphatic rings. The summed E-state index contributed by atoms with van der Waals surface area (Å²) in [7, 11) is -7.79. The summed E-state index contributed by atoms with van der Waals surface area (Å²) in [6.45, 7) is -0.591. The van der Waals surface area contributed by atoms with E-state index in [1.807, 2.05) is 0 Å². The molecule has 0 radical (unpaired) electrons. The maximum absolute atomic E-state index is 12.2. The number of hydrogen-bond acceptors (Lipinski definition) is 2. The summed E-state index contributed by atoms with van der Waals surface area (Å²) >= 11 is 0. The maximum atomic E-state index is 12.2. The van der Waals surface area contributed by atoms with Crippen LogP contribution in [0.5, 0.6) is 0 Å². The summed E-state index contributed by atoms with van der Waals surface area (Å²) < 4.78 is 99.6. The highest BCUT2D eigenvalue weighted by Gasteiger charge is 2.75. The van der Waals surface area contributed by atoms with Crippen LogP contribution in [0.2, 0.25) is 0 Å². The molecule has 0 fully saturated rings. The third kappa shape index (κ3) is 10.2. The first-order chi connectivity index (χ1) is 33.1. The van der Waals surface area contributed by atoms with Gasteiger partial charge < -0.3 is 0 Å². The van der Waals surface area contributed by atoms with Crippen LogP contribution in [-0.2, 0) is 10.1 Å².